The fourth-order valence-corrected chi connectivity index (χ4v) is 5.26. The maximum atomic E-state index is 12.5. The number of hydrogen-bond donors (Lipinski definition) is 1. The number of esters is 1. The number of nitrogens with zero attached hydrogens (tertiary/aromatic N) is 1. The molecule has 0 saturated heterocycles. The summed E-state index contributed by atoms with van der Waals surface area (Å²) < 4.78 is 18.3. The van der Waals surface area contributed by atoms with Crippen LogP contribution < -0.4 is 21.9 Å². The van der Waals surface area contributed by atoms with E-state index in [1.54, 1.807) is 19.2 Å². The normalized spacial score (nSPS) is 29.6. The molecule has 170 valence electrons. The molecular weight excluding hydrogens is 430 g/mol. The standard InChI is InChI=1S/C25H28NO5.ClH/c1-26(16-30-24(28)17-6-4-3-5-7-17)13-12-25-11-10-19(27)14-21(25)31-23-20(29-2)9-8-18(15-26)22(23)25;/h3-11,19,21,27H,12-16H2,1-2H3;1H/q+1;/p-1. The average molecular weight is 458 g/mol. The van der Waals surface area contributed by atoms with Crippen LogP contribution >= 0.6 is 0 Å². The van der Waals surface area contributed by atoms with Crippen molar-refractivity contribution in [3.63, 3.8) is 0 Å². The lowest BCUT2D eigenvalue weighted by atomic mass is 9.69. The van der Waals surface area contributed by atoms with Crippen molar-refractivity contribution in [3.8, 4) is 11.5 Å². The summed E-state index contributed by atoms with van der Waals surface area (Å²) in [6, 6.07) is 13.1. The fraction of sp³-hybridized carbons (Fsp3) is 0.400. The number of halogens is 1. The molecule has 1 N–H and O–H groups in total. The summed E-state index contributed by atoms with van der Waals surface area (Å²) in [6.07, 6.45) is 4.79. The van der Waals surface area contributed by atoms with Crippen molar-refractivity contribution in [2.45, 2.75) is 37.0 Å². The molecule has 0 saturated carbocycles. The van der Waals surface area contributed by atoms with Gasteiger partial charge in [-0.1, -0.05) is 30.4 Å². The van der Waals surface area contributed by atoms with E-state index in [1.807, 2.05) is 30.3 Å². The second-order valence-electron chi connectivity index (χ2n) is 9.12. The summed E-state index contributed by atoms with van der Waals surface area (Å²) in [5.41, 5.74) is 2.61. The van der Waals surface area contributed by atoms with Gasteiger partial charge in [-0.15, -0.1) is 0 Å². The van der Waals surface area contributed by atoms with E-state index in [4.69, 9.17) is 14.2 Å². The van der Waals surface area contributed by atoms with Gasteiger partial charge in [0.2, 0.25) is 6.73 Å². The molecule has 32 heavy (non-hydrogen) atoms. The number of methoxy groups -OCH3 is 1. The molecule has 4 unspecified atom stereocenters. The Kier molecular flexibility index (Phi) is 5.96. The first-order valence-electron chi connectivity index (χ1n) is 10.7. The van der Waals surface area contributed by atoms with Crippen molar-refractivity contribution in [1.29, 1.82) is 0 Å². The number of hydrogen-bond acceptors (Lipinski definition) is 5. The second kappa shape index (κ2) is 8.43. The van der Waals surface area contributed by atoms with Crippen LogP contribution in [-0.4, -0.2) is 55.2 Å². The van der Waals surface area contributed by atoms with Gasteiger partial charge in [-0.3, -0.25) is 4.48 Å². The third-order valence-corrected chi connectivity index (χ3v) is 6.93. The highest BCUT2D eigenvalue weighted by Gasteiger charge is 2.54. The van der Waals surface area contributed by atoms with E-state index in [2.05, 4.69) is 19.2 Å². The highest BCUT2D eigenvalue weighted by Crippen LogP contribution is 2.56. The Morgan fingerprint density at radius 2 is 2.03 bits per heavy atom. The molecule has 2 aromatic rings. The minimum absolute atomic E-state index is 0. The Morgan fingerprint density at radius 1 is 1.25 bits per heavy atom. The topological polar surface area (TPSA) is 65.0 Å². The quantitative estimate of drug-likeness (QED) is 0.403. The summed E-state index contributed by atoms with van der Waals surface area (Å²) >= 11 is 0. The van der Waals surface area contributed by atoms with Crippen LogP contribution in [0.5, 0.6) is 11.5 Å². The number of rotatable bonds is 4. The van der Waals surface area contributed by atoms with Gasteiger partial charge in [-0.05, 0) is 24.3 Å². The molecule has 5 rings (SSSR count). The fourth-order valence-electron chi connectivity index (χ4n) is 5.26. The van der Waals surface area contributed by atoms with E-state index in [-0.39, 0.29) is 29.9 Å². The van der Waals surface area contributed by atoms with Crippen molar-refractivity contribution in [2.75, 3.05) is 27.4 Å². The number of quaternary nitrogens is 1. The SMILES string of the molecule is COc1ccc2c3c1OC1CC(O)C=CC31CC[N+](C)(COC(=O)c1ccccc1)C2.[Cl-]. The van der Waals surface area contributed by atoms with Crippen molar-refractivity contribution >= 4 is 5.97 Å². The second-order valence-corrected chi connectivity index (χ2v) is 9.12. The highest BCUT2D eigenvalue weighted by molar-refractivity contribution is 5.89. The number of aliphatic hydroxyl groups is 1. The van der Waals surface area contributed by atoms with Gasteiger partial charge in [-0.2, -0.15) is 0 Å². The van der Waals surface area contributed by atoms with Crippen LogP contribution in [-0.2, 0) is 16.7 Å². The number of aliphatic hydroxyl groups excluding tert-OH is 1. The molecule has 0 bridgehead atoms. The third kappa shape index (κ3) is 3.66. The molecule has 3 aliphatic rings. The first kappa shape index (κ1) is 22.6. The minimum atomic E-state index is -0.504. The monoisotopic (exact) mass is 457 g/mol. The summed E-state index contributed by atoms with van der Waals surface area (Å²) in [5, 5.41) is 10.2. The molecule has 0 amide bonds. The van der Waals surface area contributed by atoms with Crippen LogP contribution in [0, 0.1) is 0 Å². The highest BCUT2D eigenvalue weighted by atomic mass is 35.5. The molecule has 0 fully saturated rings. The van der Waals surface area contributed by atoms with Crippen LogP contribution in [0.1, 0.15) is 34.3 Å². The maximum Gasteiger partial charge on any atom is 0.342 e. The van der Waals surface area contributed by atoms with Crippen LogP contribution in [0.4, 0.5) is 0 Å². The Bertz CT molecular complexity index is 1040. The molecule has 4 atom stereocenters. The smallest absolute Gasteiger partial charge is 0.342 e. The number of carbonyl (C=O) groups is 1. The number of carbonyl (C=O) groups excluding carboxylic acids is 1. The third-order valence-electron chi connectivity index (χ3n) is 6.93. The van der Waals surface area contributed by atoms with Crippen molar-refractivity contribution in [1.82, 2.24) is 0 Å². The van der Waals surface area contributed by atoms with Gasteiger partial charge >= 0.3 is 5.97 Å². The summed E-state index contributed by atoms with van der Waals surface area (Å²) in [6.45, 7) is 1.84. The largest absolute Gasteiger partial charge is 1.00 e. The van der Waals surface area contributed by atoms with Crippen LogP contribution in [0.25, 0.3) is 0 Å². The lowest BCUT2D eigenvalue weighted by molar-refractivity contribution is -0.938. The van der Waals surface area contributed by atoms with Crippen LogP contribution in [0.3, 0.4) is 0 Å². The van der Waals surface area contributed by atoms with Gasteiger partial charge < -0.3 is 31.7 Å². The molecule has 0 radical (unpaired) electrons. The Labute approximate surface area is 194 Å². The molecule has 1 spiro atoms. The van der Waals surface area contributed by atoms with Gasteiger partial charge in [0.25, 0.3) is 0 Å². The summed E-state index contributed by atoms with van der Waals surface area (Å²) in [7, 11) is 3.78. The van der Waals surface area contributed by atoms with E-state index < -0.39 is 6.10 Å². The minimum Gasteiger partial charge on any atom is -1.00 e. The Hall–Kier alpha value is -2.54. The summed E-state index contributed by atoms with van der Waals surface area (Å²) in [5.74, 6) is 1.21. The average Bonchev–Trinajstić information content (AvgIpc) is 3.05. The van der Waals surface area contributed by atoms with E-state index in [9.17, 15) is 9.90 Å². The lowest BCUT2D eigenvalue weighted by Gasteiger charge is -2.37. The van der Waals surface area contributed by atoms with E-state index in [0.29, 0.717) is 23.2 Å². The van der Waals surface area contributed by atoms with Crippen molar-refractivity contribution < 1.29 is 41.0 Å². The van der Waals surface area contributed by atoms with Gasteiger partial charge in [0, 0.05) is 24.0 Å². The maximum absolute atomic E-state index is 12.5. The predicted octanol–water partition coefficient (Wildman–Crippen LogP) is 0.184. The zero-order valence-corrected chi connectivity index (χ0v) is 19.0. The number of ether oxygens (including phenoxy) is 3. The predicted molar refractivity (Wildman–Crippen MR) is 115 cm³/mol. The van der Waals surface area contributed by atoms with Crippen LogP contribution in [0.15, 0.2) is 54.6 Å². The Morgan fingerprint density at radius 3 is 2.78 bits per heavy atom. The number of benzene rings is 2. The molecule has 0 aromatic heterocycles. The molecular formula is C25H28ClNO5. The first-order valence-corrected chi connectivity index (χ1v) is 10.7. The van der Waals surface area contributed by atoms with Gasteiger partial charge in [0.15, 0.2) is 11.5 Å². The lowest BCUT2D eigenvalue weighted by Crippen LogP contribution is -3.00. The van der Waals surface area contributed by atoms with Crippen LogP contribution in [0.2, 0.25) is 0 Å². The van der Waals surface area contributed by atoms with Crippen molar-refractivity contribution in [2.24, 2.45) is 0 Å². The zero-order valence-electron chi connectivity index (χ0n) is 18.3. The Balaban J connectivity index is 0.00000245. The van der Waals surface area contributed by atoms with E-state index >= 15 is 0 Å². The zero-order chi connectivity index (χ0) is 21.6. The molecule has 6 nitrogen and oxygen atoms in total. The van der Waals surface area contributed by atoms with Gasteiger partial charge in [-0.25, -0.2) is 4.79 Å². The van der Waals surface area contributed by atoms with E-state index in [1.165, 1.54) is 5.56 Å². The molecule has 2 aliphatic heterocycles. The molecule has 1 aliphatic carbocycles. The molecule has 7 heteroatoms. The van der Waals surface area contributed by atoms with Gasteiger partial charge in [0.1, 0.15) is 12.6 Å². The van der Waals surface area contributed by atoms with Gasteiger partial charge in [0.05, 0.1) is 37.8 Å². The first-order chi connectivity index (χ1) is 14.9. The molecule has 2 aromatic carbocycles. The van der Waals surface area contributed by atoms with Crippen molar-refractivity contribution in [3.05, 3.63) is 71.3 Å². The molecule has 2 heterocycles. The summed E-state index contributed by atoms with van der Waals surface area (Å²) in [4.78, 5) is 12.5. The van der Waals surface area contributed by atoms with E-state index in [0.717, 1.165) is 36.6 Å².